The Kier molecular flexibility index (Phi) is 4.88. The van der Waals surface area contributed by atoms with Crippen LogP contribution in [-0.2, 0) is 4.79 Å². The fraction of sp³-hybridized carbons (Fsp3) is 0.412. The van der Waals surface area contributed by atoms with E-state index in [1.54, 1.807) is 19.1 Å². The molecule has 9 heteroatoms. The molecule has 3 atom stereocenters. The number of carbonyl (C=O) groups is 2. The summed E-state index contributed by atoms with van der Waals surface area (Å²) < 4.78 is 24.6. The van der Waals surface area contributed by atoms with Crippen molar-refractivity contribution < 1.29 is 23.5 Å². The number of fused-ring (bicyclic) bond motifs is 1. The zero-order valence-electron chi connectivity index (χ0n) is 14.6. The molecule has 2 aromatic heterocycles. The largest absolute Gasteiger partial charge is 0.494 e. The minimum Gasteiger partial charge on any atom is -0.494 e. The number of methoxy groups -OCH3 is 1. The number of nitrogens with one attached hydrogen (secondary N) is 2. The number of amides is 2. The monoisotopic (exact) mass is 362 g/mol. The van der Waals surface area contributed by atoms with Gasteiger partial charge in [0.2, 0.25) is 5.88 Å². The molecule has 0 bridgehead atoms. The summed E-state index contributed by atoms with van der Waals surface area (Å²) in [5, 5.41) is 5.62. The van der Waals surface area contributed by atoms with Crippen LogP contribution in [0.3, 0.4) is 0 Å². The summed E-state index contributed by atoms with van der Waals surface area (Å²) in [4.78, 5) is 31.8. The first-order chi connectivity index (χ1) is 12.5. The summed E-state index contributed by atoms with van der Waals surface area (Å²) in [6.45, 7) is 1.71. The normalized spacial score (nSPS) is 22.2. The number of pyridine rings is 2. The molecular weight excluding hydrogens is 343 g/mol. The number of ether oxygens (including phenoxy) is 2. The smallest absolute Gasteiger partial charge is 0.273 e. The van der Waals surface area contributed by atoms with Crippen LogP contribution in [0.2, 0.25) is 0 Å². The van der Waals surface area contributed by atoms with Crippen LogP contribution in [0.1, 0.15) is 17.4 Å². The predicted molar refractivity (Wildman–Crippen MR) is 91.0 cm³/mol. The highest BCUT2D eigenvalue weighted by molar-refractivity contribution is 5.98. The molecule has 1 aliphatic heterocycles. The highest BCUT2D eigenvalue weighted by atomic mass is 19.1. The lowest BCUT2D eigenvalue weighted by Gasteiger charge is -2.17. The zero-order valence-corrected chi connectivity index (χ0v) is 14.6. The van der Waals surface area contributed by atoms with Gasteiger partial charge in [0.1, 0.15) is 6.61 Å². The van der Waals surface area contributed by atoms with Gasteiger partial charge < -0.3 is 20.1 Å². The third-order valence-electron chi connectivity index (χ3n) is 4.41. The summed E-state index contributed by atoms with van der Waals surface area (Å²) in [5.74, 6) is -0.957. The molecule has 138 valence electrons. The second-order valence-electron chi connectivity index (χ2n) is 5.99. The average molecular weight is 362 g/mol. The summed E-state index contributed by atoms with van der Waals surface area (Å²) in [6.07, 6.45) is -0.0414. The van der Waals surface area contributed by atoms with Crippen LogP contribution in [0.4, 0.5) is 4.39 Å². The third kappa shape index (κ3) is 3.12. The van der Waals surface area contributed by atoms with E-state index in [1.807, 2.05) is 0 Å². The van der Waals surface area contributed by atoms with E-state index in [9.17, 15) is 14.0 Å². The molecule has 26 heavy (non-hydrogen) atoms. The molecule has 3 heterocycles. The van der Waals surface area contributed by atoms with Crippen LogP contribution in [-0.4, -0.2) is 54.8 Å². The van der Waals surface area contributed by atoms with Gasteiger partial charge in [0, 0.05) is 19.2 Å². The van der Waals surface area contributed by atoms with Crippen LogP contribution in [0.25, 0.3) is 10.9 Å². The van der Waals surface area contributed by atoms with Gasteiger partial charge in [-0.05, 0) is 12.1 Å². The van der Waals surface area contributed by atoms with Crippen molar-refractivity contribution in [3.05, 3.63) is 24.0 Å². The molecule has 1 aliphatic rings. The number of aromatic nitrogens is 2. The summed E-state index contributed by atoms with van der Waals surface area (Å²) >= 11 is 0. The van der Waals surface area contributed by atoms with Gasteiger partial charge in [0.05, 0.1) is 24.1 Å². The fourth-order valence-corrected chi connectivity index (χ4v) is 2.80. The standard InChI is InChI=1S/C17H19FN4O4/c1-8-11(22-15(23)13(8)18)7-26-17-9-6-12(25-3)14(16(24)19-2)21-10(9)4-5-20-17/h4-6,8,11,13H,7H2,1-3H3,(H,19,24)(H,22,23). The lowest BCUT2D eigenvalue weighted by atomic mass is 10.0. The molecular formula is C17H19FN4O4. The van der Waals surface area contributed by atoms with E-state index in [4.69, 9.17) is 9.47 Å². The van der Waals surface area contributed by atoms with Gasteiger partial charge in [-0.25, -0.2) is 14.4 Å². The van der Waals surface area contributed by atoms with E-state index in [0.717, 1.165) is 0 Å². The Labute approximate surface area is 149 Å². The van der Waals surface area contributed by atoms with E-state index < -0.39 is 24.0 Å². The molecule has 3 rings (SSSR count). The second kappa shape index (κ2) is 7.11. The number of halogens is 1. The first-order valence-corrected chi connectivity index (χ1v) is 8.09. The van der Waals surface area contributed by atoms with Gasteiger partial charge in [-0.2, -0.15) is 0 Å². The minimum atomic E-state index is -1.54. The number of rotatable bonds is 5. The first kappa shape index (κ1) is 17.8. The van der Waals surface area contributed by atoms with Crippen molar-refractivity contribution in [1.82, 2.24) is 20.6 Å². The molecule has 2 amide bonds. The number of alkyl halides is 1. The number of hydrogen-bond acceptors (Lipinski definition) is 6. The maximum Gasteiger partial charge on any atom is 0.273 e. The Bertz CT molecular complexity index is 860. The fourth-order valence-electron chi connectivity index (χ4n) is 2.80. The van der Waals surface area contributed by atoms with Crippen molar-refractivity contribution in [2.75, 3.05) is 20.8 Å². The lowest BCUT2D eigenvalue weighted by molar-refractivity contribution is -0.123. The molecule has 1 saturated heterocycles. The van der Waals surface area contributed by atoms with Crippen molar-refractivity contribution in [3.8, 4) is 11.6 Å². The van der Waals surface area contributed by atoms with Crippen molar-refractivity contribution >= 4 is 22.7 Å². The molecule has 0 saturated carbocycles. The van der Waals surface area contributed by atoms with E-state index in [-0.39, 0.29) is 29.8 Å². The van der Waals surface area contributed by atoms with Gasteiger partial charge in [-0.15, -0.1) is 0 Å². The number of hydrogen-bond donors (Lipinski definition) is 2. The van der Waals surface area contributed by atoms with E-state index in [0.29, 0.717) is 10.9 Å². The molecule has 0 spiro atoms. The van der Waals surface area contributed by atoms with Gasteiger partial charge in [0.15, 0.2) is 17.6 Å². The topological polar surface area (TPSA) is 102 Å². The first-order valence-electron chi connectivity index (χ1n) is 8.09. The van der Waals surface area contributed by atoms with Crippen LogP contribution < -0.4 is 20.1 Å². The molecule has 2 N–H and O–H groups in total. The Morgan fingerprint density at radius 2 is 2.23 bits per heavy atom. The predicted octanol–water partition coefficient (Wildman–Crippen LogP) is 0.849. The minimum absolute atomic E-state index is 0.0684. The molecule has 8 nitrogen and oxygen atoms in total. The zero-order chi connectivity index (χ0) is 18.8. The van der Waals surface area contributed by atoms with Crippen LogP contribution in [0.5, 0.6) is 11.6 Å². The van der Waals surface area contributed by atoms with Crippen LogP contribution in [0.15, 0.2) is 18.3 Å². The maximum absolute atomic E-state index is 13.6. The van der Waals surface area contributed by atoms with E-state index in [2.05, 4.69) is 20.6 Å². The van der Waals surface area contributed by atoms with Crippen molar-refractivity contribution in [3.63, 3.8) is 0 Å². The SMILES string of the molecule is CNC(=O)c1nc2ccnc(OCC3NC(=O)C(F)C3C)c2cc1OC. The number of carbonyl (C=O) groups excluding carboxylic acids is 2. The summed E-state index contributed by atoms with van der Waals surface area (Å²) in [6, 6.07) is 2.81. The average Bonchev–Trinajstić information content (AvgIpc) is 2.91. The van der Waals surface area contributed by atoms with Crippen LogP contribution in [0, 0.1) is 5.92 Å². The third-order valence-corrected chi connectivity index (χ3v) is 4.41. The highest BCUT2D eigenvalue weighted by Gasteiger charge is 2.40. The molecule has 1 fully saturated rings. The van der Waals surface area contributed by atoms with Gasteiger partial charge in [-0.3, -0.25) is 9.59 Å². The van der Waals surface area contributed by atoms with Crippen LogP contribution >= 0.6 is 0 Å². The number of nitrogens with zero attached hydrogens (tertiary/aromatic N) is 2. The molecule has 2 aromatic rings. The Morgan fingerprint density at radius 1 is 1.46 bits per heavy atom. The van der Waals surface area contributed by atoms with Gasteiger partial charge >= 0.3 is 0 Å². The lowest BCUT2D eigenvalue weighted by Crippen LogP contribution is -2.34. The maximum atomic E-state index is 13.6. The van der Waals surface area contributed by atoms with E-state index >= 15 is 0 Å². The van der Waals surface area contributed by atoms with E-state index in [1.165, 1.54) is 20.4 Å². The Balaban J connectivity index is 1.89. The van der Waals surface area contributed by atoms with Gasteiger partial charge in [0.25, 0.3) is 11.8 Å². The van der Waals surface area contributed by atoms with Crippen molar-refractivity contribution in [2.24, 2.45) is 5.92 Å². The van der Waals surface area contributed by atoms with Gasteiger partial charge in [-0.1, -0.05) is 6.92 Å². The Hall–Kier alpha value is -2.97. The second-order valence-corrected chi connectivity index (χ2v) is 5.99. The Morgan fingerprint density at radius 3 is 2.85 bits per heavy atom. The molecule has 0 aromatic carbocycles. The highest BCUT2D eigenvalue weighted by Crippen LogP contribution is 2.29. The quantitative estimate of drug-likeness (QED) is 0.818. The van der Waals surface area contributed by atoms with Crippen molar-refractivity contribution in [2.45, 2.75) is 19.1 Å². The molecule has 0 radical (unpaired) electrons. The van der Waals surface area contributed by atoms with Crippen molar-refractivity contribution in [1.29, 1.82) is 0 Å². The molecule has 3 unspecified atom stereocenters. The summed E-state index contributed by atoms with van der Waals surface area (Å²) in [7, 11) is 2.94. The molecule has 0 aliphatic carbocycles. The summed E-state index contributed by atoms with van der Waals surface area (Å²) in [5.41, 5.74) is 0.651.